The number of nitrogens with one attached hydrogen (secondary N) is 3. The fourth-order valence-corrected chi connectivity index (χ4v) is 3.94. The third kappa shape index (κ3) is 5.74. The van der Waals surface area contributed by atoms with E-state index in [1.807, 2.05) is 32.0 Å². The molecule has 0 unspecified atom stereocenters. The first-order chi connectivity index (χ1) is 16.2. The second kappa shape index (κ2) is 9.84. The van der Waals surface area contributed by atoms with Crippen molar-refractivity contribution in [2.45, 2.75) is 45.0 Å². The molecule has 34 heavy (non-hydrogen) atoms. The summed E-state index contributed by atoms with van der Waals surface area (Å²) in [5, 5.41) is 9.71. The molecule has 3 N–H and O–H groups in total. The van der Waals surface area contributed by atoms with Crippen molar-refractivity contribution in [3.63, 3.8) is 0 Å². The van der Waals surface area contributed by atoms with Crippen molar-refractivity contribution in [3.8, 4) is 5.75 Å². The van der Waals surface area contributed by atoms with Crippen molar-refractivity contribution in [1.29, 1.82) is 0 Å². The van der Waals surface area contributed by atoms with Gasteiger partial charge in [-0.1, -0.05) is 32.0 Å². The lowest BCUT2D eigenvalue weighted by molar-refractivity contribution is -0.274. The molecule has 2 heterocycles. The maximum absolute atomic E-state index is 13.1. The number of amides is 1. The van der Waals surface area contributed by atoms with E-state index in [1.165, 1.54) is 12.1 Å². The molecule has 7 nitrogen and oxygen atoms in total. The Bertz CT molecular complexity index is 1180. The van der Waals surface area contributed by atoms with E-state index in [9.17, 15) is 18.0 Å². The van der Waals surface area contributed by atoms with Crippen LogP contribution >= 0.6 is 0 Å². The summed E-state index contributed by atoms with van der Waals surface area (Å²) in [5.41, 5.74) is 1.79. The smallest absolute Gasteiger partial charge is 0.404 e. The third-order valence-electron chi connectivity index (χ3n) is 5.65. The SMILES string of the molecule is CC(C)c1cccc2cnc(Nc3ccc(C(=O)NC4CCNCC4)cc3OC(F)(F)F)nc12. The van der Waals surface area contributed by atoms with Crippen LogP contribution in [0.3, 0.4) is 0 Å². The minimum atomic E-state index is -4.93. The lowest BCUT2D eigenvalue weighted by Crippen LogP contribution is -2.42. The van der Waals surface area contributed by atoms with Gasteiger partial charge in [0.15, 0.2) is 5.75 Å². The van der Waals surface area contributed by atoms with Gasteiger partial charge in [-0.3, -0.25) is 4.79 Å². The van der Waals surface area contributed by atoms with Gasteiger partial charge in [-0.25, -0.2) is 9.97 Å². The summed E-state index contributed by atoms with van der Waals surface area (Å²) in [7, 11) is 0. The number of hydrogen-bond donors (Lipinski definition) is 3. The van der Waals surface area contributed by atoms with Crippen LogP contribution in [-0.2, 0) is 0 Å². The second-order valence-corrected chi connectivity index (χ2v) is 8.51. The van der Waals surface area contributed by atoms with Gasteiger partial charge < -0.3 is 20.7 Å². The first-order valence-corrected chi connectivity index (χ1v) is 11.1. The molecule has 0 bridgehead atoms. The number of fused-ring (bicyclic) bond motifs is 1. The molecule has 1 amide bonds. The summed E-state index contributed by atoms with van der Waals surface area (Å²) in [5.74, 6) is -0.659. The summed E-state index contributed by atoms with van der Waals surface area (Å²) >= 11 is 0. The average molecular weight is 473 g/mol. The van der Waals surface area contributed by atoms with E-state index in [2.05, 4.69) is 30.7 Å². The Morgan fingerprint density at radius 1 is 1.18 bits per heavy atom. The molecule has 10 heteroatoms. The Morgan fingerprint density at radius 2 is 1.94 bits per heavy atom. The van der Waals surface area contributed by atoms with E-state index in [1.54, 1.807) is 6.20 Å². The molecule has 0 radical (unpaired) electrons. The molecule has 0 aliphatic carbocycles. The fourth-order valence-electron chi connectivity index (χ4n) is 3.94. The number of halogens is 3. The van der Waals surface area contributed by atoms with Gasteiger partial charge in [-0.05, 0) is 55.6 Å². The Labute approximate surface area is 195 Å². The van der Waals surface area contributed by atoms with E-state index in [-0.39, 0.29) is 29.2 Å². The van der Waals surface area contributed by atoms with Crippen molar-refractivity contribution >= 4 is 28.4 Å². The van der Waals surface area contributed by atoms with Crippen molar-refractivity contribution in [3.05, 3.63) is 53.7 Å². The molecule has 1 saturated heterocycles. The molecule has 4 rings (SSSR count). The number of rotatable bonds is 6. The van der Waals surface area contributed by atoms with Crippen molar-refractivity contribution < 1.29 is 22.7 Å². The van der Waals surface area contributed by atoms with Crippen LogP contribution in [0.2, 0.25) is 0 Å². The number of nitrogens with zero attached hydrogens (tertiary/aromatic N) is 2. The number of piperidine rings is 1. The molecule has 1 fully saturated rings. The van der Waals surface area contributed by atoms with E-state index in [4.69, 9.17) is 0 Å². The molecule has 1 aliphatic rings. The minimum Gasteiger partial charge on any atom is -0.404 e. The van der Waals surface area contributed by atoms with Crippen molar-refractivity contribution in [1.82, 2.24) is 20.6 Å². The minimum absolute atomic E-state index is 0.00267. The predicted molar refractivity (Wildman–Crippen MR) is 123 cm³/mol. The number of ether oxygens (including phenoxy) is 1. The summed E-state index contributed by atoms with van der Waals surface area (Å²) in [6.45, 7) is 5.63. The van der Waals surface area contributed by atoms with Crippen LogP contribution in [0.15, 0.2) is 42.6 Å². The predicted octanol–water partition coefficient (Wildman–Crippen LogP) is 4.88. The van der Waals surface area contributed by atoms with Crippen LogP contribution in [0.1, 0.15) is 48.5 Å². The van der Waals surface area contributed by atoms with Gasteiger partial charge in [0.05, 0.1) is 11.2 Å². The van der Waals surface area contributed by atoms with Crippen molar-refractivity contribution in [2.75, 3.05) is 18.4 Å². The molecule has 3 aromatic rings. The maximum atomic E-state index is 13.1. The Hall–Kier alpha value is -3.40. The number of benzene rings is 2. The number of para-hydroxylation sites is 1. The van der Waals surface area contributed by atoms with Crippen molar-refractivity contribution in [2.24, 2.45) is 0 Å². The maximum Gasteiger partial charge on any atom is 0.573 e. The monoisotopic (exact) mass is 473 g/mol. The van der Waals surface area contributed by atoms with Gasteiger partial charge in [0, 0.05) is 23.2 Å². The van der Waals surface area contributed by atoms with Crippen LogP contribution in [0, 0.1) is 0 Å². The van der Waals surface area contributed by atoms with Crippen LogP contribution in [-0.4, -0.2) is 41.4 Å². The summed E-state index contributed by atoms with van der Waals surface area (Å²) in [6.07, 6.45) is -1.80. The van der Waals surface area contributed by atoms with Gasteiger partial charge in [0.2, 0.25) is 5.95 Å². The average Bonchev–Trinajstić information content (AvgIpc) is 2.79. The molecular formula is C24H26F3N5O2. The molecule has 0 saturated carbocycles. The Kier molecular flexibility index (Phi) is 6.87. The first-order valence-electron chi connectivity index (χ1n) is 11.1. The molecule has 1 aliphatic heterocycles. The summed E-state index contributed by atoms with van der Waals surface area (Å²) < 4.78 is 43.6. The zero-order chi connectivity index (χ0) is 24.3. The lowest BCUT2D eigenvalue weighted by atomic mass is 10.0. The topological polar surface area (TPSA) is 88.2 Å². The van der Waals surface area contributed by atoms with E-state index < -0.39 is 18.0 Å². The molecule has 0 atom stereocenters. The summed E-state index contributed by atoms with van der Waals surface area (Å²) in [6, 6.07) is 9.60. The van der Waals surface area contributed by atoms with E-state index >= 15 is 0 Å². The van der Waals surface area contributed by atoms with Gasteiger partial charge >= 0.3 is 6.36 Å². The number of carbonyl (C=O) groups excluding carboxylic acids is 1. The highest BCUT2D eigenvalue weighted by Crippen LogP contribution is 2.33. The zero-order valence-electron chi connectivity index (χ0n) is 18.9. The Morgan fingerprint density at radius 3 is 2.65 bits per heavy atom. The van der Waals surface area contributed by atoms with Gasteiger partial charge in [-0.15, -0.1) is 13.2 Å². The van der Waals surface area contributed by atoms with Gasteiger partial charge in [-0.2, -0.15) is 0 Å². The number of alkyl halides is 3. The van der Waals surface area contributed by atoms with Gasteiger partial charge in [0.25, 0.3) is 5.91 Å². The third-order valence-corrected chi connectivity index (χ3v) is 5.65. The van der Waals surface area contributed by atoms with Crippen LogP contribution in [0.5, 0.6) is 5.75 Å². The van der Waals surface area contributed by atoms with Crippen LogP contribution in [0.4, 0.5) is 24.8 Å². The Balaban J connectivity index is 1.63. The standard InChI is InChI=1S/C24H26F3N5O2/c1-14(2)18-5-3-4-16-13-29-23(32-21(16)18)31-19-7-6-15(12-20(19)34-24(25,26)27)22(33)30-17-8-10-28-11-9-17/h3-7,12-14,17,28H,8-11H2,1-2H3,(H,30,33)(H,29,31,32). The highest BCUT2D eigenvalue weighted by atomic mass is 19.4. The number of hydrogen-bond acceptors (Lipinski definition) is 6. The van der Waals surface area contributed by atoms with Crippen LogP contribution < -0.4 is 20.7 Å². The highest BCUT2D eigenvalue weighted by molar-refractivity contribution is 5.95. The second-order valence-electron chi connectivity index (χ2n) is 8.51. The molecule has 2 aromatic carbocycles. The van der Waals surface area contributed by atoms with E-state index in [0.717, 1.165) is 42.9 Å². The van der Waals surface area contributed by atoms with Gasteiger partial charge in [0.1, 0.15) is 0 Å². The number of aromatic nitrogens is 2. The zero-order valence-corrected chi connectivity index (χ0v) is 18.9. The largest absolute Gasteiger partial charge is 0.573 e. The molecule has 180 valence electrons. The van der Waals surface area contributed by atoms with E-state index in [0.29, 0.717) is 5.52 Å². The van der Waals surface area contributed by atoms with Crippen LogP contribution in [0.25, 0.3) is 10.9 Å². The molecule has 1 aromatic heterocycles. The summed E-state index contributed by atoms with van der Waals surface area (Å²) in [4.78, 5) is 21.4. The highest BCUT2D eigenvalue weighted by Gasteiger charge is 2.33. The fraction of sp³-hybridized carbons (Fsp3) is 0.375. The lowest BCUT2D eigenvalue weighted by Gasteiger charge is -2.24. The quantitative estimate of drug-likeness (QED) is 0.473. The normalized spacial score (nSPS) is 14.9. The first kappa shape index (κ1) is 23.7. The number of carbonyl (C=O) groups is 1. The molecular weight excluding hydrogens is 447 g/mol. The molecule has 0 spiro atoms. The number of anilines is 2.